The summed E-state index contributed by atoms with van der Waals surface area (Å²) in [5, 5.41) is 10.7. The fraction of sp³-hybridized carbons (Fsp3) is 0.462. The molecule has 1 amide bonds. The number of anilines is 2. The number of benzene rings is 1. The average molecular weight is 280 g/mol. The number of nitrogen functional groups attached to an aromatic ring is 1. The summed E-state index contributed by atoms with van der Waals surface area (Å²) in [5.41, 5.74) is 6.77. The van der Waals surface area contributed by atoms with Crippen LogP contribution in [-0.4, -0.2) is 42.9 Å². The van der Waals surface area contributed by atoms with E-state index in [1.165, 1.54) is 17.0 Å². The number of hydrogen-bond donors (Lipinski definition) is 1. The second kappa shape index (κ2) is 6.74. The molecule has 0 aliphatic carbocycles. The van der Waals surface area contributed by atoms with Crippen LogP contribution >= 0.6 is 0 Å². The maximum absolute atomic E-state index is 11.8. The Bertz CT molecular complexity index is 502. The first-order chi connectivity index (χ1) is 9.36. The fourth-order valence-electron chi connectivity index (χ4n) is 1.80. The minimum absolute atomic E-state index is 0.0452. The van der Waals surface area contributed by atoms with Crippen LogP contribution in [0, 0.1) is 10.1 Å². The highest BCUT2D eigenvalue weighted by Gasteiger charge is 2.17. The van der Waals surface area contributed by atoms with E-state index in [-0.39, 0.29) is 18.1 Å². The first-order valence-corrected chi connectivity index (χ1v) is 6.35. The molecule has 0 radical (unpaired) electrons. The van der Waals surface area contributed by atoms with Crippen LogP contribution in [-0.2, 0) is 4.79 Å². The second-order valence-electron chi connectivity index (χ2n) is 4.71. The molecule has 0 aliphatic heterocycles. The van der Waals surface area contributed by atoms with Crippen molar-refractivity contribution in [3.05, 3.63) is 28.3 Å². The van der Waals surface area contributed by atoms with Gasteiger partial charge in [-0.3, -0.25) is 14.9 Å². The number of nitrogens with two attached hydrogens (primary N) is 1. The Hall–Kier alpha value is -2.31. The molecule has 2 N–H and O–H groups in total. The van der Waals surface area contributed by atoms with Crippen molar-refractivity contribution < 1.29 is 9.72 Å². The number of non-ortho nitro benzene ring substituents is 1. The predicted molar refractivity (Wildman–Crippen MR) is 78.7 cm³/mol. The molecule has 7 heteroatoms. The van der Waals surface area contributed by atoms with Crippen molar-refractivity contribution in [2.45, 2.75) is 13.3 Å². The van der Waals surface area contributed by atoms with Gasteiger partial charge in [-0.05, 0) is 12.5 Å². The summed E-state index contributed by atoms with van der Waals surface area (Å²) in [6, 6.07) is 4.30. The lowest BCUT2D eigenvalue weighted by atomic mass is 10.2. The van der Waals surface area contributed by atoms with Gasteiger partial charge in [0.25, 0.3) is 5.69 Å². The van der Waals surface area contributed by atoms with E-state index in [0.717, 1.165) is 6.42 Å². The van der Waals surface area contributed by atoms with Crippen molar-refractivity contribution in [2.75, 3.05) is 37.8 Å². The molecule has 0 saturated heterocycles. The quantitative estimate of drug-likeness (QED) is 0.484. The van der Waals surface area contributed by atoms with Crippen molar-refractivity contribution in [3.8, 4) is 0 Å². The van der Waals surface area contributed by atoms with Crippen molar-refractivity contribution in [2.24, 2.45) is 0 Å². The van der Waals surface area contributed by atoms with Gasteiger partial charge in [-0.25, -0.2) is 0 Å². The van der Waals surface area contributed by atoms with E-state index in [1.54, 1.807) is 20.2 Å². The highest BCUT2D eigenvalue weighted by molar-refractivity contribution is 5.83. The van der Waals surface area contributed by atoms with Gasteiger partial charge < -0.3 is 15.5 Å². The molecule has 7 nitrogen and oxygen atoms in total. The van der Waals surface area contributed by atoms with Gasteiger partial charge >= 0.3 is 0 Å². The van der Waals surface area contributed by atoms with Crippen molar-refractivity contribution in [1.29, 1.82) is 0 Å². The zero-order chi connectivity index (χ0) is 15.3. The molecule has 0 fully saturated rings. The molecule has 0 unspecified atom stereocenters. The van der Waals surface area contributed by atoms with Crippen molar-refractivity contribution >= 4 is 23.0 Å². The molecule has 0 atom stereocenters. The Morgan fingerprint density at radius 1 is 1.40 bits per heavy atom. The van der Waals surface area contributed by atoms with Crippen LogP contribution in [0.3, 0.4) is 0 Å². The fourth-order valence-corrected chi connectivity index (χ4v) is 1.80. The Kier molecular flexibility index (Phi) is 5.31. The number of amides is 1. The van der Waals surface area contributed by atoms with Crippen LogP contribution < -0.4 is 10.6 Å². The highest BCUT2D eigenvalue weighted by Crippen LogP contribution is 2.27. The lowest BCUT2D eigenvalue weighted by molar-refractivity contribution is -0.384. The minimum atomic E-state index is -0.491. The standard InChI is InChI=1S/C13H20N4O3/c1-4-7-16(9-13(18)15(2)3)12-6-5-10(17(19)20)8-11(12)14/h5-6,8H,4,7,9,14H2,1-3H3. The third-order valence-corrected chi connectivity index (χ3v) is 2.88. The van der Waals surface area contributed by atoms with E-state index >= 15 is 0 Å². The van der Waals surface area contributed by atoms with E-state index in [9.17, 15) is 14.9 Å². The van der Waals surface area contributed by atoms with Crippen LogP contribution in [0.4, 0.5) is 17.1 Å². The molecule has 1 rings (SSSR count). The lowest BCUT2D eigenvalue weighted by Crippen LogP contribution is -2.37. The topological polar surface area (TPSA) is 92.7 Å². The third-order valence-electron chi connectivity index (χ3n) is 2.88. The predicted octanol–water partition coefficient (Wildman–Crippen LogP) is 1.48. The molecule has 0 bridgehead atoms. The summed E-state index contributed by atoms with van der Waals surface area (Å²) in [5.74, 6) is -0.0452. The third kappa shape index (κ3) is 3.84. The SMILES string of the molecule is CCCN(CC(=O)N(C)C)c1ccc([N+](=O)[O-])cc1N. The van der Waals surface area contributed by atoms with Crippen molar-refractivity contribution in [3.63, 3.8) is 0 Å². The summed E-state index contributed by atoms with van der Waals surface area (Å²) in [7, 11) is 3.37. The van der Waals surface area contributed by atoms with E-state index in [0.29, 0.717) is 17.9 Å². The Morgan fingerprint density at radius 3 is 2.50 bits per heavy atom. The van der Waals surface area contributed by atoms with Gasteiger partial charge in [0.1, 0.15) is 0 Å². The maximum Gasteiger partial charge on any atom is 0.271 e. The summed E-state index contributed by atoms with van der Waals surface area (Å²) in [4.78, 5) is 25.4. The van der Waals surface area contributed by atoms with Gasteiger partial charge in [0, 0.05) is 32.8 Å². The number of nitro groups is 1. The highest BCUT2D eigenvalue weighted by atomic mass is 16.6. The van der Waals surface area contributed by atoms with Crippen LogP contribution in [0.25, 0.3) is 0 Å². The number of carbonyl (C=O) groups excluding carboxylic acids is 1. The Balaban J connectivity index is 3.02. The summed E-state index contributed by atoms with van der Waals surface area (Å²) >= 11 is 0. The molecular weight excluding hydrogens is 260 g/mol. The molecule has 1 aromatic rings. The number of rotatable bonds is 6. The largest absolute Gasteiger partial charge is 0.397 e. The van der Waals surface area contributed by atoms with Gasteiger partial charge in [-0.15, -0.1) is 0 Å². The molecule has 0 saturated carbocycles. The van der Waals surface area contributed by atoms with E-state index in [1.807, 2.05) is 11.8 Å². The van der Waals surface area contributed by atoms with E-state index in [2.05, 4.69) is 0 Å². The first kappa shape index (κ1) is 15.7. The molecule has 0 aliphatic rings. The Morgan fingerprint density at radius 2 is 2.05 bits per heavy atom. The van der Waals surface area contributed by atoms with Crippen molar-refractivity contribution in [1.82, 2.24) is 4.90 Å². The van der Waals surface area contributed by atoms with Crippen LogP contribution in [0.15, 0.2) is 18.2 Å². The lowest BCUT2D eigenvalue weighted by Gasteiger charge is -2.26. The minimum Gasteiger partial charge on any atom is -0.397 e. The normalized spacial score (nSPS) is 10.2. The zero-order valence-corrected chi connectivity index (χ0v) is 12.0. The van der Waals surface area contributed by atoms with Gasteiger partial charge in [0.05, 0.1) is 22.8 Å². The first-order valence-electron chi connectivity index (χ1n) is 6.35. The van der Waals surface area contributed by atoms with E-state index < -0.39 is 4.92 Å². The number of nitro benzene ring substituents is 1. The summed E-state index contributed by atoms with van der Waals surface area (Å²) in [6.07, 6.45) is 0.844. The monoisotopic (exact) mass is 280 g/mol. The van der Waals surface area contributed by atoms with Gasteiger partial charge in [-0.1, -0.05) is 6.92 Å². The molecule has 110 valence electrons. The molecule has 20 heavy (non-hydrogen) atoms. The van der Waals surface area contributed by atoms with Crippen LogP contribution in [0.5, 0.6) is 0 Å². The molecule has 0 heterocycles. The molecule has 0 spiro atoms. The summed E-state index contributed by atoms with van der Waals surface area (Å²) in [6.45, 7) is 2.85. The van der Waals surface area contributed by atoms with E-state index in [4.69, 9.17) is 5.73 Å². The second-order valence-corrected chi connectivity index (χ2v) is 4.71. The number of carbonyl (C=O) groups is 1. The zero-order valence-electron chi connectivity index (χ0n) is 12.0. The van der Waals surface area contributed by atoms with Gasteiger partial charge in [0.15, 0.2) is 0 Å². The molecule has 0 aromatic heterocycles. The van der Waals surface area contributed by atoms with Crippen LogP contribution in [0.2, 0.25) is 0 Å². The molecule has 1 aromatic carbocycles. The number of hydrogen-bond acceptors (Lipinski definition) is 5. The number of likely N-dealkylation sites (N-methyl/N-ethyl adjacent to an activating group) is 1. The average Bonchev–Trinajstić information content (AvgIpc) is 2.37. The maximum atomic E-state index is 11.8. The molecular formula is C13H20N4O3. The number of nitrogens with zero attached hydrogens (tertiary/aromatic N) is 3. The van der Waals surface area contributed by atoms with Gasteiger partial charge in [-0.2, -0.15) is 0 Å². The smallest absolute Gasteiger partial charge is 0.271 e. The van der Waals surface area contributed by atoms with Gasteiger partial charge in [0.2, 0.25) is 5.91 Å². The summed E-state index contributed by atoms with van der Waals surface area (Å²) < 4.78 is 0. The van der Waals surface area contributed by atoms with Crippen LogP contribution in [0.1, 0.15) is 13.3 Å². The Labute approximate surface area is 118 Å².